The molecule has 0 atom stereocenters. The smallest absolute Gasteiger partial charge is 0.191 e. The zero-order chi connectivity index (χ0) is 23.5. The molecule has 0 aliphatic heterocycles. The molecule has 0 bridgehead atoms. The summed E-state index contributed by atoms with van der Waals surface area (Å²) in [5.74, 6) is 1.09. The summed E-state index contributed by atoms with van der Waals surface area (Å²) in [5.41, 5.74) is 6.73. The molecule has 172 valence electrons. The first kappa shape index (κ1) is 24.4. The van der Waals surface area contributed by atoms with Crippen molar-refractivity contribution in [3.05, 3.63) is 64.6 Å². The topological polar surface area (TPSA) is 39.9 Å². The summed E-state index contributed by atoms with van der Waals surface area (Å²) in [4.78, 5) is 9.65. The second-order valence-electron chi connectivity index (χ2n) is 10.3. The first-order valence-corrected chi connectivity index (χ1v) is 14.7. The van der Waals surface area contributed by atoms with Crippen LogP contribution >= 0.6 is 0 Å². The van der Waals surface area contributed by atoms with Gasteiger partial charge in [0.25, 0.3) is 0 Å². The highest BCUT2D eigenvalue weighted by atomic mass is 28.4. The first-order valence-electron chi connectivity index (χ1n) is 11.7. The van der Waals surface area contributed by atoms with Gasteiger partial charge in [-0.2, -0.15) is 0 Å². The molecule has 0 fully saturated rings. The standard InChI is InChI=1S/C27H39N3OSi/c1-9-24-29-25-20(2)18-21(3)28-26(25)30(24)19-23-15-13-22(14-16-23)12-10-11-17-31-32(7,8)27(4,5)6/h10,12-16,18H,9,11,17,19H2,1-8H3/b12-10+. The molecular formula is C27H39N3OSi. The van der Waals surface area contributed by atoms with Gasteiger partial charge in [0.1, 0.15) is 11.3 Å². The van der Waals surface area contributed by atoms with Crippen molar-refractivity contribution in [2.75, 3.05) is 6.61 Å². The SMILES string of the molecule is CCc1nc2c(C)cc(C)nc2n1Cc1ccc(/C=C/CCO[Si](C)(C)C(C)(C)C)cc1. The van der Waals surface area contributed by atoms with Crippen LogP contribution in [0.5, 0.6) is 0 Å². The second kappa shape index (κ2) is 9.71. The molecule has 0 aliphatic rings. The maximum atomic E-state index is 6.26. The Morgan fingerprint density at radius 1 is 1.06 bits per heavy atom. The number of benzene rings is 1. The molecule has 4 nitrogen and oxygen atoms in total. The van der Waals surface area contributed by atoms with E-state index in [1.54, 1.807) is 0 Å². The van der Waals surface area contributed by atoms with Crippen LogP contribution in [0.2, 0.25) is 18.1 Å². The molecule has 2 aromatic heterocycles. The van der Waals surface area contributed by atoms with Gasteiger partial charge in [-0.25, -0.2) is 9.97 Å². The van der Waals surface area contributed by atoms with Gasteiger partial charge < -0.3 is 8.99 Å². The molecule has 5 heteroatoms. The van der Waals surface area contributed by atoms with E-state index in [1.807, 2.05) is 6.92 Å². The van der Waals surface area contributed by atoms with Crippen molar-refractivity contribution in [3.8, 4) is 0 Å². The number of imidazole rings is 1. The fourth-order valence-electron chi connectivity index (χ4n) is 3.62. The molecular weight excluding hydrogens is 410 g/mol. The van der Waals surface area contributed by atoms with Gasteiger partial charge in [0.05, 0.1) is 6.54 Å². The minimum Gasteiger partial charge on any atom is -0.417 e. The number of rotatable bonds is 8. The van der Waals surface area contributed by atoms with Gasteiger partial charge in [0, 0.05) is 18.7 Å². The van der Waals surface area contributed by atoms with Crippen LogP contribution in [-0.4, -0.2) is 29.5 Å². The molecule has 1 aromatic carbocycles. The van der Waals surface area contributed by atoms with Crippen LogP contribution in [0, 0.1) is 13.8 Å². The zero-order valence-corrected chi connectivity index (χ0v) is 22.1. The van der Waals surface area contributed by atoms with Gasteiger partial charge in [-0.3, -0.25) is 0 Å². The summed E-state index contributed by atoms with van der Waals surface area (Å²) in [5, 5.41) is 0.262. The van der Waals surface area contributed by atoms with E-state index in [4.69, 9.17) is 14.4 Å². The van der Waals surface area contributed by atoms with Crippen molar-refractivity contribution in [2.24, 2.45) is 0 Å². The average Bonchev–Trinajstić information content (AvgIpc) is 3.06. The minimum atomic E-state index is -1.65. The van der Waals surface area contributed by atoms with Crippen molar-refractivity contribution in [1.82, 2.24) is 14.5 Å². The minimum absolute atomic E-state index is 0.262. The van der Waals surface area contributed by atoms with E-state index in [0.717, 1.165) is 48.7 Å². The Morgan fingerprint density at radius 2 is 1.75 bits per heavy atom. The number of aryl methyl sites for hydroxylation is 3. The summed E-state index contributed by atoms with van der Waals surface area (Å²) >= 11 is 0. The van der Waals surface area contributed by atoms with Gasteiger partial charge in [-0.05, 0) is 61.2 Å². The van der Waals surface area contributed by atoms with E-state index in [2.05, 4.69) is 94.8 Å². The molecule has 0 radical (unpaired) electrons. The Balaban J connectivity index is 1.65. The van der Waals surface area contributed by atoms with Gasteiger partial charge in [0.2, 0.25) is 0 Å². The normalized spacial score (nSPS) is 12.9. The van der Waals surface area contributed by atoms with Crippen LogP contribution in [0.4, 0.5) is 0 Å². The Morgan fingerprint density at radius 3 is 2.38 bits per heavy atom. The molecule has 0 amide bonds. The van der Waals surface area contributed by atoms with Crippen LogP contribution in [0.25, 0.3) is 17.2 Å². The first-order chi connectivity index (χ1) is 15.0. The molecule has 0 spiro atoms. The lowest BCUT2D eigenvalue weighted by Gasteiger charge is -2.36. The van der Waals surface area contributed by atoms with Crippen molar-refractivity contribution in [2.45, 2.75) is 79.1 Å². The third-order valence-corrected chi connectivity index (χ3v) is 11.1. The van der Waals surface area contributed by atoms with Crippen LogP contribution in [-0.2, 0) is 17.4 Å². The monoisotopic (exact) mass is 449 g/mol. The number of pyridine rings is 1. The quantitative estimate of drug-likeness (QED) is 0.272. The number of hydrogen-bond donors (Lipinski definition) is 0. The molecule has 3 rings (SSSR count). The maximum absolute atomic E-state index is 6.26. The lowest BCUT2D eigenvalue weighted by molar-refractivity contribution is 0.294. The fraction of sp³-hybridized carbons (Fsp3) is 0.481. The Kier molecular flexibility index (Phi) is 7.41. The van der Waals surface area contributed by atoms with E-state index < -0.39 is 8.32 Å². The van der Waals surface area contributed by atoms with Gasteiger partial charge in [0.15, 0.2) is 14.0 Å². The summed E-state index contributed by atoms with van der Waals surface area (Å²) in [7, 11) is -1.65. The van der Waals surface area contributed by atoms with Crippen LogP contribution in [0.15, 0.2) is 36.4 Å². The van der Waals surface area contributed by atoms with Crippen LogP contribution in [0.1, 0.15) is 62.3 Å². The van der Waals surface area contributed by atoms with Crippen molar-refractivity contribution < 1.29 is 4.43 Å². The molecule has 0 saturated carbocycles. The fourth-order valence-corrected chi connectivity index (χ4v) is 4.68. The highest BCUT2D eigenvalue weighted by Gasteiger charge is 2.36. The lowest BCUT2D eigenvalue weighted by atomic mass is 10.1. The largest absolute Gasteiger partial charge is 0.417 e. The van der Waals surface area contributed by atoms with Gasteiger partial charge in [-0.1, -0.05) is 64.1 Å². The average molecular weight is 450 g/mol. The van der Waals surface area contributed by atoms with E-state index in [1.165, 1.54) is 16.7 Å². The highest BCUT2D eigenvalue weighted by Crippen LogP contribution is 2.36. The molecule has 0 saturated heterocycles. The van der Waals surface area contributed by atoms with Crippen LogP contribution < -0.4 is 0 Å². The predicted octanol–water partition coefficient (Wildman–Crippen LogP) is 7.08. The lowest BCUT2D eigenvalue weighted by Crippen LogP contribution is -2.40. The van der Waals surface area contributed by atoms with Gasteiger partial charge >= 0.3 is 0 Å². The van der Waals surface area contributed by atoms with Crippen molar-refractivity contribution >= 4 is 25.6 Å². The Hall–Kier alpha value is -2.24. The number of fused-ring (bicyclic) bond motifs is 1. The van der Waals surface area contributed by atoms with Crippen LogP contribution in [0.3, 0.4) is 0 Å². The summed E-state index contributed by atoms with van der Waals surface area (Å²) in [6, 6.07) is 10.9. The molecule has 0 N–H and O–H groups in total. The van der Waals surface area contributed by atoms with Gasteiger partial charge in [-0.15, -0.1) is 0 Å². The summed E-state index contributed by atoms with van der Waals surface area (Å²) < 4.78 is 8.52. The van der Waals surface area contributed by atoms with E-state index in [-0.39, 0.29) is 5.04 Å². The van der Waals surface area contributed by atoms with Crippen molar-refractivity contribution in [3.63, 3.8) is 0 Å². The molecule has 0 unspecified atom stereocenters. The molecule has 2 heterocycles. The van der Waals surface area contributed by atoms with Crippen molar-refractivity contribution in [1.29, 1.82) is 0 Å². The number of nitrogens with zero attached hydrogens (tertiary/aromatic N) is 3. The Bertz CT molecular complexity index is 1090. The van der Waals surface area contributed by atoms with E-state index in [9.17, 15) is 0 Å². The Labute approximate surface area is 194 Å². The number of aromatic nitrogens is 3. The molecule has 3 aromatic rings. The summed E-state index contributed by atoms with van der Waals surface area (Å²) in [6.07, 6.45) is 6.25. The highest BCUT2D eigenvalue weighted by molar-refractivity contribution is 6.74. The predicted molar refractivity (Wildman–Crippen MR) is 139 cm³/mol. The second-order valence-corrected chi connectivity index (χ2v) is 15.1. The molecule has 32 heavy (non-hydrogen) atoms. The zero-order valence-electron chi connectivity index (χ0n) is 21.1. The maximum Gasteiger partial charge on any atom is 0.191 e. The van der Waals surface area contributed by atoms with E-state index in [0.29, 0.717) is 0 Å². The summed E-state index contributed by atoms with van der Waals surface area (Å²) in [6.45, 7) is 19.4. The molecule has 0 aliphatic carbocycles. The number of hydrogen-bond acceptors (Lipinski definition) is 3. The third kappa shape index (κ3) is 5.57. The third-order valence-electron chi connectivity index (χ3n) is 6.60. The van der Waals surface area contributed by atoms with E-state index >= 15 is 0 Å².